The number of thiazole rings is 1. The fourth-order valence-electron chi connectivity index (χ4n) is 2.24. The summed E-state index contributed by atoms with van der Waals surface area (Å²) in [4.78, 5) is 15.1. The molecule has 0 aliphatic heterocycles. The van der Waals surface area contributed by atoms with Gasteiger partial charge in [0.1, 0.15) is 9.88 Å². The Bertz CT molecular complexity index is 898. The molecule has 0 aliphatic carbocycles. The first-order valence-corrected chi connectivity index (χ1v) is 8.38. The molecule has 1 N–H and O–H groups in total. The van der Waals surface area contributed by atoms with Gasteiger partial charge >= 0.3 is 12.1 Å². The van der Waals surface area contributed by atoms with Crippen LogP contribution in [0.25, 0.3) is 21.0 Å². The van der Waals surface area contributed by atoms with Crippen LogP contribution >= 0.6 is 22.7 Å². The van der Waals surface area contributed by atoms with Gasteiger partial charge in [0.15, 0.2) is 5.69 Å². The SMILES string of the molecule is Cc1sc(-c2cc(-c3ccccc3)c(C(F)(F)F)s2)nc1C(=O)O. The van der Waals surface area contributed by atoms with E-state index < -0.39 is 17.0 Å². The van der Waals surface area contributed by atoms with Crippen molar-refractivity contribution in [2.24, 2.45) is 0 Å². The molecular formula is C16H10F3NO2S2. The molecule has 0 spiro atoms. The van der Waals surface area contributed by atoms with E-state index in [1.807, 2.05) is 0 Å². The number of carboxylic acid groups (broad SMARTS) is 1. The van der Waals surface area contributed by atoms with Crippen molar-refractivity contribution < 1.29 is 23.1 Å². The lowest BCUT2D eigenvalue weighted by Crippen LogP contribution is -2.03. The predicted molar refractivity (Wildman–Crippen MR) is 87.6 cm³/mol. The highest BCUT2D eigenvalue weighted by molar-refractivity contribution is 7.22. The molecule has 3 aromatic rings. The zero-order valence-corrected chi connectivity index (χ0v) is 13.9. The Morgan fingerprint density at radius 3 is 2.38 bits per heavy atom. The maximum atomic E-state index is 13.4. The predicted octanol–water partition coefficient (Wildman–Crippen LogP) is 5.56. The number of halogens is 3. The van der Waals surface area contributed by atoms with Gasteiger partial charge in [0.05, 0.1) is 4.88 Å². The molecule has 0 radical (unpaired) electrons. The largest absolute Gasteiger partial charge is 0.476 e. The first-order valence-electron chi connectivity index (χ1n) is 6.75. The molecular weight excluding hydrogens is 359 g/mol. The van der Waals surface area contributed by atoms with E-state index in [4.69, 9.17) is 5.11 Å². The average molecular weight is 369 g/mol. The third-order valence-electron chi connectivity index (χ3n) is 3.28. The van der Waals surface area contributed by atoms with Gasteiger partial charge in [-0.05, 0) is 18.6 Å². The van der Waals surface area contributed by atoms with Gasteiger partial charge in [-0.15, -0.1) is 22.7 Å². The van der Waals surface area contributed by atoms with E-state index in [-0.39, 0.29) is 16.3 Å². The van der Waals surface area contributed by atoms with Crippen molar-refractivity contribution in [3.05, 3.63) is 51.8 Å². The van der Waals surface area contributed by atoms with E-state index >= 15 is 0 Å². The third kappa shape index (κ3) is 3.07. The van der Waals surface area contributed by atoms with Crippen molar-refractivity contribution in [2.45, 2.75) is 13.1 Å². The number of aromatic nitrogens is 1. The first-order chi connectivity index (χ1) is 11.3. The smallest absolute Gasteiger partial charge is 0.426 e. The molecule has 8 heteroatoms. The number of nitrogens with zero attached hydrogens (tertiary/aromatic N) is 1. The Labute approximate surface area is 143 Å². The maximum Gasteiger partial charge on any atom is 0.426 e. The number of hydrogen-bond donors (Lipinski definition) is 1. The van der Waals surface area contributed by atoms with Crippen LogP contribution in [0, 0.1) is 6.92 Å². The molecule has 124 valence electrons. The van der Waals surface area contributed by atoms with E-state index in [1.54, 1.807) is 37.3 Å². The highest BCUT2D eigenvalue weighted by atomic mass is 32.1. The van der Waals surface area contributed by atoms with Crippen molar-refractivity contribution in [1.82, 2.24) is 4.98 Å². The van der Waals surface area contributed by atoms with Gasteiger partial charge < -0.3 is 5.11 Å². The third-order valence-corrected chi connectivity index (χ3v) is 5.60. The van der Waals surface area contributed by atoms with Gasteiger partial charge in [0.25, 0.3) is 0 Å². The Morgan fingerprint density at radius 2 is 1.83 bits per heavy atom. The molecule has 0 aliphatic rings. The van der Waals surface area contributed by atoms with Crippen LogP contribution in [-0.2, 0) is 6.18 Å². The summed E-state index contributed by atoms with van der Waals surface area (Å²) in [6, 6.07) is 9.71. The molecule has 2 heterocycles. The fraction of sp³-hybridized carbons (Fsp3) is 0.125. The molecule has 0 fully saturated rings. The van der Waals surface area contributed by atoms with Crippen LogP contribution in [0.15, 0.2) is 36.4 Å². The number of benzene rings is 1. The normalized spacial score (nSPS) is 11.7. The second kappa shape index (κ2) is 6.03. The number of carboxylic acids is 1. The summed E-state index contributed by atoms with van der Waals surface area (Å²) in [6.07, 6.45) is -4.49. The number of rotatable bonds is 3. The molecule has 3 nitrogen and oxygen atoms in total. The van der Waals surface area contributed by atoms with E-state index in [2.05, 4.69) is 4.98 Å². The van der Waals surface area contributed by atoms with Crippen molar-refractivity contribution in [3.8, 4) is 21.0 Å². The van der Waals surface area contributed by atoms with Crippen molar-refractivity contribution in [3.63, 3.8) is 0 Å². The lowest BCUT2D eigenvalue weighted by molar-refractivity contribution is -0.133. The van der Waals surface area contributed by atoms with Gasteiger partial charge in [0, 0.05) is 10.4 Å². The fourth-order valence-corrected chi connectivity index (χ4v) is 4.24. The molecule has 2 aromatic heterocycles. The molecule has 3 rings (SSSR count). The number of carbonyl (C=O) groups is 1. The van der Waals surface area contributed by atoms with Crippen molar-refractivity contribution in [2.75, 3.05) is 0 Å². The number of aryl methyl sites for hydroxylation is 1. The summed E-state index contributed by atoms with van der Waals surface area (Å²) in [5.74, 6) is -1.19. The number of thiophene rings is 1. The van der Waals surface area contributed by atoms with E-state index in [0.29, 0.717) is 26.7 Å². The quantitative estimate of drug-likeness (QED) is 0.657. The standard InChI is InChI=1S/C16H10F3NO2S2/c1-8-12(15(21)22)20-14(23-8)11-7-10(9-5-3-2-4-6-9)13(24-11)16(17,18)19/h2-7H,1H3,(H,21,22). The minimum atomic E-state index is -4.49. The zero-order valence-electron chi connectivity index (χ0n) is 12.2. The van der Waals surface area contributed by atoms with Crippen molar-refractivity contribution >= 4 is 28.6 Å². The van der Waals surface area contributed by atoms with Crippen LogP contribution in [0.1, 0.15) is 20.2 Å². The minimum Gasteiger partial charge on any atom is -0.476 e. The Balaban J connectivity index is 2.16. The van der Waals surface area contributed by atoms with Gasteiger partial charge in [-0.25, -0.2) is 9.78 Å². The van der Waals surface area contributed by atoms with Crippen LogP contribution in [0.4, 0.5) is 13.2 Å². The van der Waals surface area contributed by atoms with Gasteiger partial charge in [-0.3, -0.25) is 0 Å². The molecule has 24 heavy (non-hydrogen) atoms. The molecule has 0 unspecified atom stereocenters. The lowest BCUT2D eigenvalue weighted by atomic mass is 10.1. The minimum absolute atomic E-state index is 0.0767. The molecule has 1 aromatic carbocycles. The summed E-state index contributed by atoms with van der Waals surface area (Å²) in [5.41, 5.74) is 0.408. The van der Waals surface area contributed by atoms with Crippen LogP contribution in [0.2, 0.25) is 0 Å². The van der Waals surface area contributed by atoms with E-state index in [0.717, 1.165) is 11.3 Å². The Hall–Kier alpha value is -2.19. The molecule has 0 bridgehead atoms. The molecule has 0 saturated heterocycles. The Kier molecular flexibility index (Phi) is 4.18. The van der Waals surface area contributed by atoms with Crippen LogP contribution in [0.5, 0.6) is 0 Å². The van der Waals surface area contributed by atoms with Gasteiger partial charge in [-0.1, -0.05) is 30.3 Å². The van der Waals surface area contributed by atoms with E-state index in [9.17, 15) is 18.0 Å². The lowest BCUT2D eigenvalue weighted by Gasteiger charge is -2.07. The zero-order chi connectivity index (χ0) is 17.5. The molecule has 0 atom stereocenters. The average Bonchev–Trinajstić information content (AvgIpc) is 3.11. The van der Waals surface area contributed by atoms with Crippen molar-refractivity contribution in [1.29, 1.82) is 0 Å². The van der Waals surface area contributed by atoms with E-state index in [1.165, 1.54) is 6.07 Å². The molecule has 0 saturated carbocycles. The maximum absolute atomic E-state index is 13.4. The highest BCUT2D eigenvalue weighted by Gasteiger charge is 2.37. The number of aromatic carboxylic acids is 1. The Morgan fingerprint density at radius 1 is 1.17 bits per heavy atom. The second-order valence-electron chi connectivity index (χ2n) is 4.95. The monoisotopic (exact) mass is 369 g/mol. The summed E-state index contributed by atoms with van der Waals surface area (Å²) in [6.45, 7) is 1.58. The number of hydrogen-bond acceptors (Lipinski definition) is 4. The first kappa shape index (κ1) is 16.7. The topological polar surface area (TPSA) is 50.2 Å². The highest BCUT2D eigenvalue weighted by Crippen LogP contribution is 2.46. The molecule has 0 amide bonds. The summed E-state index contributed by atoms with van der Waals surface area (Å²) in [7, 11) is 0. The van der Waals surface area contributed by atoms with Gasteiger partial charge in [0.2, 0.25) is 0 Å². The second-order valence-corrected chi connectivity index (χ2v) is 7.20. The number of alkyl halides is 3. The summed E-state index contributed by atoms with van der Waals surface area (Å²) >= 11 is 1.65. The van der Waals surface area contributed by atoms with Gasteiger partial charge in [-0.2, -0.15) is 13.2 Å². The van der Waals surface area contributed by atoms with Crippen LogP contribution in [0.3, 0.4) is 0 Å². The summed E-state index contributed by atoms with van der Waals surface area (Å²) < 4.78 is 40.1. The van der Waals surface area contributed by atoms with Crippen LogP contribution < -0.4 is 0 Å². The van der Waals surface area contributed by atoms with Crippen LogP contribution in [-0.4, -0.2) is 16.1 Å². The summed E-state index contributed by atoms with van der Waals surface area (Å²) in [5, 5.41) is 9.34.